The third-order valence-corrected chi connectivity index (χ3v) is 5.92. The van der Waals surface area contributed by atoms with Crippen molar-refractivity contribution in [2.45, 2.75) is 12.5 Å². The van der Waals surface area contributed by atoms with Gasteiger partial charge in [0, 0.05) is 18.3 Å². The van der Waals surface area contributed by atoms with Crippen molar-refractivity contribution in [2.24, 2.45) is 5.16 Å². The summed E-state index contributed by atoms with van der Waals surface area (Å²) in [5.74, 6) is -0.185. The first-order valence-electron chi connectivity index (χ1n) is 8.75. The number of pyridine rings is 1. The number of benzene rings is 1. The van der Waals surface area contributed by atoms with Gasteiger partial charge < -0.3 is 10.2 Å². The Hall–Kier alpha value is -2.61. The second-order valence-corrected chi connectivity index (χ2v) is 8.48. The molecule has 3 heterocycles. The lowest BCUT2D eigenvalue weighted by Gasteiger charge is -2.09. The van der Waals surface area contributed by atoms with Gasteiger partial charge in [-0.05, 0) is 42.0 Å². The smallest absolute Gasteiger partial charge is 0.273 e. The first-order valence-corrected chi connectivity index (χ1v) is 10.3. The standard InChI is InChI=1S/C20H15Cl2N3O3S/c21-15-2-1-9-25(20(15)27)13-5-3-12(4-6-13)16-10-14(28-24-16)11-23-19(26)17-7-8-18(22)29-17/h1-9,14H,10-11H2,(H,23,26). The fourth-order valence-corrected chi connectivity index (χ4v) is 4.05. The number of hydrogen-bond acceptors (Lipinski definition) is 5. The fraction of sp³-hybridized carbons (Fsp3) is 0.150. The van der Waals surface area contributed by atoms with Gasteiger partial charge in [-0.1, -0.05) is 40.5 Å². The maximum Gasteiger partial charge on any atom is 0.273 e. The number of amides is 1. The van der Waals surface area contributed by atoms with Crippen LogP contribution in [0.2, 0.25) is 9.36 Å². The van der Waals surface area contributed by atoms with E-state index in [0.29, 0.717) is 27.9 Å². The van der Waals surface area contributed by atoms with Gasteiger partial charge in [-0.3, -0.25) is 14.2 Å². The Morgan fingerprint density at radius 1 is 1.21 bits per heavy atom. The van der Waals surface area contributed by atoms with Crippen LogP contribution in [0.15, 0.2) is 64.7 Å². The molecule has 0 radical (unpaired) electrons. The van der Waals surface area contributed by atoms with Gasteiger partial charge in [0.1, 0.15) is 11.1 Å². The molecule has 3 aromatic rings. The number of hydrogen-bond donors (Lipinski definition) is 1. The SMILES string of the molecule is O=C(NCC1CC(c2ccc(-n3cccc(Cl)c3=O)cc2)=NO1)c1ccc(Cl)s1. The molecule has 0 saturated carbocycles. The van der Waals surface area contributed by atoms with Gasteiger partial charge in [-0.15, -0.1) is 11.3 Å². The predicted molar refractivity (Wildman–Crippen MR) is 115 cm³/mol. The van der Waals surface area contributed by atoms with Crippen molar-refractivity contribution in [3.8, 4) is 5.69 Å². The molecule has 0 aliphatic carbocycles. The molecule has 1 aromatic carbocycles. The van der Waals surface area contributed by atoms with E-state index >= 15 is 0 Å². The van der Waals surface area contributed by atoms with Crippen LogP contribution in [0.1, 0.15) is 21.7 Å². The molecular weight excluding hydrogens is 433 g/mol. The summed E-state index contributed by atoms with van der Waals surface area (Å²) in [6, 6.07) is 14.1. The molecule has 1 amide bonds. The average Bonchev–Trinajstić information content (AvgIpc) is 3.38. The summed E-state index contributed by atoms with van der Waals surface area (Å²) >= 11 is 13.0. The molecule has 1 aliphatic heterocycles. The summed E-state index contributed by atoms with van der Waals surface area (Å²) in [7, 11) is 0. The van der Waals surface area contributed by atoms with Gasteiger partial charge in [0.05, 0.1) is 21.5 Å². The molecule has 0 bridgehead atoms. The zero-order valence-corrected chi connectivity index (χ0v) is 17.3. The van der Waals surface area contributed by atoms with Crippen molar-refractivity contribution >= 4 is 46.2 Å². The lowest BCUT2D eigenvalue weighted by molar-refractivity contribution is 0.0755. The number of carbonyl (C=O) groups excluding carboxylic acids is 1. The van der Waals surface area contributed by atoms with E-state index in [1.54, 1.807) is 30.5 Å². The largest absolute Gasteiger partial charge is 0.390 e. The Morgan fingerprint density at radius 2 is 2.00 bits per heavy atom. The topological polar surface area (TPSA) is 72.7 Å². The molecule has 2 aromatic heterocycles. The van der Waals surface area contributed by atoms with Gasteiger partial charge >= 0.3 is 0 Å². The van der Waals surface area contributed by atoms with E-state index < -0.39 is 0 Å². The van der Waals surface area contributed by atoms with Crippen molar-refractivity contribution in [1.82, 2.24) is 9.88 Å². The summed E-state index contributed by atoms with van der Waals surface area (Å²) in [5, 5.41) is 7.13. The molecule has 1 atom stereocenters. The number of rotatable bonds is 5. The Morgan fingerprint density at radius 3 is 2.72 bits per heavy atom. The molecule has 6 nitrogen and oxygen atoms in total. The molecule has 9 heteroatoms. The quantitative estimate of drug-likeness (QED) is 0.638. The van der Waals surface area contributed by atoms with Crippen LogP contribution < -0.4 is 10.9 Å². The lowest BCUT2D eigenvalue weighted by Crippen LogP contribution is -2.31. The predicted octanol–water partition coefficient (Wildman–Crippen LogP) is 4.13. The van der Waals surface area contributed by atoms with E-state index in [2.05, 4.69) is 10.5 Å². The number of carbonyl (C=O) groups is 1. The molecule has 1 N–H and O–H groups in total. The van der Waals surface area contributed by atoms with Crippen molar-refractivity contribution in [2.75, 3.05) is 6.54 Å². The highest BCUT2D eigenvalue weighted by molar-refractivity contribution is 7.18. The number of halogens is 2. The summed E-state index contributed by atoms with van der Waals surface area (Å²) < 4.78 is 2.05. The number of nitrogens with one attached hydrogen (secondary N) is 1. The third-order valence-electron chi connectivity index (χ3n) is 4.40. The molecular formula is C20H15Cl2N3O3S. The van der Waals surface area contributed by atoms with E-state index in [9.17, 15) is 9.59 Å². The van der Waals surface area contributed by atoms with Crippen LogP contribution in [0.5, 0.6) is 0 Å². The van der Waals surface area contributed by atoms with Gasteiger partial charge in [0.15, 0.2) is 0 Å². The van der Waals surface area contributed by atoms with E-state index in [-0.39, 0.29) is 22.6 Å². The summed E-state index contributed by atoms with van der Waals surface area (Å²) in [6.07, 6.45) is 2.00. The number of aromatic nitrogens is 1. The van der Waals surface area contributed by atoms with E-state index in [1.807, 2.05) is 24.3 Å². The fourth-order valence-electron chi connectivity index (χ4n) is 2.92. The minimum atomic E-state index is -0.272. The molecule has 4 rings (SSSR count). The van der Waals surface area contributed by atoms with Crippen LogP contribution in [0.25, 0.3) is 5.69 Å². The average molecular weight is 448 g/mol. The van der Waals surface area contributed by atoms with E-state index in [1.165, 1.54) is 15.9 Å². The lowest BCUT2D eigenvalue weighted by atomic mass is 10.0. The Labute approximate surface area is 180 Å². The highest BCUT2D eigenvalue weighted by Crippen LogP contribution is 2.22. The van der Waals surface area contributed by atoms with E-state index in [0.717, 1.165) is 11.3 Å². The van der Waals surface area contributed by atoms with Crippen molar-refractivity contribution in [3.05, 3.63) is 84.9 Å². The van der Waals surface area contributed by atoms with Crippen molar-refractivity contribution in [3.63, 3.8) is 0 Å². The van der Waals surface area contributed by atoms with Crippen LogP contribution in [0, 0.1) is 0 Å². The molecule has 1 unspecified atom stereocenters. The monoisotopic (exact) mass is 447 g/mol. The Kier molecular flexibility index (Phi) is 5.71. The molecule has 1 aliphatic rings. The van der Waals surface area contributed by atoms with Gasteiger partial charge in [0.2, 0.25) is 0 Å². The highest BCUT2D eigenvalue weighted by Gasteiger charge is 2.23. The highest BCUT2D eigenvalue weighted by atomic mass is 35.5. The van der Waals surface area contributed by atoms with Crippen LogP contribution in [-0.4, -0.2) is 28.8 Å². The van der Waals surface area contributed by atoms with Crippen LogP contribution in [-0.2, 0) is 4.84 Å². The minimum Gasteiger partial charge on any atom is -0.390 e. The third kappa shape index (κ3) is 4.37. The summed E-state index contributed by atoms with van der Waals surface area (Å²) in [4.78, 5) is 30.2. The first kappa shape index (κ1) is 19.7. The molecule has 148 valence electrons. The number of oxime groups is 1. The molecule has 0 saturated heterocycles. The Balaban J connectivity index is 1.37. The summed E-state index contributed by atoms with van der Waals surface area (Å²) in [6.45, 7) is 0.345. The van der Waals surface area contributed by atoms with Gasteiger partial charge in [-0.25, -0.2) is 0 Å². The number of nitrogens with zero attached hydrogens (tertiary/aromatic N) is 2. The second kappa shape index (κ2) is 8.41. The molecule has 29 heavy (non-hydrogen) atoms. The zero-order chi connectivity index (χ0) is 20.4. The first-order chi connectivity index (χ1) is 14.0. The molecule has 0 fully saturated rings. The molecule has 0 spiro atoms. The Bertz CT molecular complexity index is 1140. The maximum absolute atomic E-state index is 12.1. The van der Waals surface area contributed by atoms with E-state index in [4.69, 9.17) is 28.0 Å². The van der Waals surface area contributed by atoms with Crippen molar-refractivity contribution < 1.29 is 9.63 Å². The zero-order valence-electron chi connectivity index (χ0n) is 15.0. The van der Waals surface area contributed by atoms with Gasteiger partial charge in [-0.2, -0.15) is 0 Å². The second-order valence-electron chi connectivity index (χ2n) is 6.36. The van der Waals surface area contributed by atoms with Crippen LogP contribution >= 0.6 is 34.5 Å². The van der Waals surface area contributed by atoms with Crippen LogP contribution in [0.3, 0.4) is 0 Å². The van der Waals surface area contributed by atoms with Gasteiger partial charge in [0.25, 0.3) is 11.5 Å². The van der Waals surface area contributed by atoms with Crippen LogP contribution in [0.4, 0.5) is 0 Å². The number of thiophene rings is 1. The summed E-state index contributed by atoms with van der Waals surface area (Å²) in [5.41, 5.74) is 2.11. The maximum atomic E-state index is 12.1. The minimum absolute atomic E-state index is 0.167. The normalized spacial score (nSPS) is 15.7. The van der Waals surface area contributed by atoms with Crippen molar-refractivity contribution in [1.29, 1.82) is 0 Å².